The van der Waals surface area contributed by atoms with E-state index in [1.54, 1.807) is 15.3 Å². The van der Waals surface area contributed by atoms with E-state index in [2.05, 4.69) is 25.2 Å². The Kier molecular flexibility index (Phi) is 2.80. The first-order chi connectivity index (χ1) is 7.74. The Morgan fingerprint density at radius 1 is 1.50 bits per heavy atom. The van der Waals surface area contributed by atoms with Crippen molar-refractivity contribution in [3.05, 3.63) is 21.4 Å². The topological polar surface area (TPSA) is 12.0 Å². The quantitative estimate of drug-likeness (QED) is 0.841. The molecule has 1 saturated carbocycles. The molecule has 2 aliphatic carbocycles. The summed E-state index contributed by atoms with van der Waals surface area (Å²) < 4.78 is 0. The van der Waals surface area contributed by atoms with Gasteiger partial charge in [-0.05, 0) is 62.6 Å². The lowest BCUT2D eigenvalue weighted by Crippen LogP contribution is -2.20. The third-order valence-corrected chi connectivity index (χ3v) is 5.57. The Labute approximate surface area is 102 Å². The highest BCUT2D eigenvalue weighted by atomic mass is 32.1. The maximum atomic E-state index is 3.69. The Balaban J connectivity index is 1.58. The van der Waals surface area contributed by atoms with Gasteiger partial charge >= 0.3 is 0 Å². The third kappa shape index (κ3) is 2.05. The predicted octanol–water partition coefficient (Wildman–Crippen LogP) is 3.54. The maximum absolute atomic E-state index is 3.69. The van der Waals surface area contributed by atoms with E-state index in [1.807, 2.05) is 11.3 Å². The second-order valence-corrected chi connectivity index (χ2v) is 6.72. The Morgan fingerprint density at radius 3 is 3.00 bits per heavy atom. The van der Waals surface area contributed by atoms with E-state index in [0.29, 0.717) is 6.04 Å². The summed E-state index contributed by atoms with van der Waals surface area (Å²) >= 11 is 2.04. The van der Waals surface area contributed by atoms with Crippen molar-refractivity contribution in [1.82, 2.24) is 5.32 Å². The number of hydrogen-bond donors (Lipinski definition) is 1. The van der Waals surface area contributed by atoms with Gasteiger partial charge in [-0.3, -0.25) is 0 Å². The molecule has 3 unspecified atom stereocenters. The van der Waals surface area contributed by atoms with Gasteiger partial charge in [0.2, 0.25) is 0 Å². The van der Waals surface area contributed by atoms with Crippen molar-refractivity contribution in [2.24, 2.45) is 11.8 Å². The minimum atomic E-state index is 0.559. The van der Waals surface area contributed by atoms with Crippen LogP contribution in [0.15, 0.2) is 6.07 Å². The molecule has 1 nitrogen and oxygen atoms in total. The maximum Gasteiger partial charge on any atom is 0.0386 e. The molecule has 1 aromatic heterocycles. The van der Waals surface area contributed by atoms with E-state index < -0.39 is 0 Å². The van der Waals surface area contributed by atoms with Gasteiger partial charge in [0, 0.05) is 15.8 Å². The molecule has 3 atom stereocenters. The van der Waals surface area contributed by atoms with Crippen LogP contribution in [0.2, 0.25) is 0 Å². The van der Waals surface area contributed by atoms with Crippen LogP contribution in [0.4, 0.5) is 0 Å². The molecular formula is C14H21NS. The molecule has 0 aliphatic heterocycles. The lowest BCUT2D eigenvalue weighted by Gasteiger charge is -2.11. The van der Waals surface area contributed by atoms with Gasteiger partial charge in [0.05, 0.1) is 0 Å². The lowest BCUT2D eigenvalue weighted by atomic mass is 10.2. The monoisotopic (exact) mass is 235 g/mol. The summed E-state index contributed by atoms with van der Waals surface area (Å²) in [4.78, 5) is 3.21. The van der Waals surface area contributed by atoms with Crippen molar-refractivity contribution in [3.8, 4) is 0 Å². The molecule has 0 spiro atoms. The fraction of sp³-hybridized carbons (Fsp3) is 0.714. The van der Waals surface area contributed by atoms with Crippen LogP contribution in [0.5, 0.6) is 0 Å². The average molecular weight is 235 g/mol. The molecule has 0 saturated heterocycles. The molecule has 1 N–H and O–H groups in total. The highest BCUT2D eigenvalue weighted by molar-refractivity contribution is 7.12. The van der Waals surface area contributed by atoms with Crippen LogP contribution in [0, 0.1) is 11.8 Å². The SMILES string of the molecule is CC(NCC1CC1C)c1cc2c(s1)CCC2. The summed E-state index contributed by atoms with van der Waals surface area (Å²) in [5.74, 6) is 1.92. The molecule has 1 aromatic rings. The molecule has 0 amide bonds. The van der Waals surface area contributed by atoms with Crippen LogP contribution in [0.25, 0.3) is 0 Å². The fourth-order valence-corrected chi connectivity index (χ4v) is 3.96. The highest BCUT2D eigenvalue weighted by Gasteiger charge is 2.32. The van der Waals surface area contributed by atoms with Gasteiger partial charge < -0.3 is 5.32 Å². The molecule has 1 fully saturated rings. The van der Waals surface area contributed by atoms with Gasteiger partial charge in [0.25, 0.3) is 0 Å². The zero-order valence-corrected chi connectivity index (χ0v) is 11.1. The van der Waals surface area contributed by atoms with E-state index in [-0.39, 0.29) is 0 Å². The molecule has 0 aromatic carbocycles. The molecule has 2 aliphatic rings. The van der Waals surface area contributed by atoms with Crippen LogP contribution >= 0.6 is 11.3 Å². The normalized spacial score (nSPS) is 29.1. The molecule has 16 heavy (non-hydrogen) atoms. The van der Waals surface area contributed by atoms with Gasteiger partial charge in [0.1, 0.15) is 0 Å². The Morgan fingerprint density at radius 2 is 2.31 bits per heavy atom. The highest BCUT2D eigenvalue weighted by Crippen LogP contribution is 2.38. The molecule has 0 bridgehead atoms. The number of aryl methyl sites for hydroxylation is 2. The van der Waals surface area contributed by atoms with Crippen molar-refractivity contribution >= 4 is 11.3 Å². The lowest BCUT2D eigenvalue weighted by molar-refractivity contribution is 0.540. The Hall–Kier alpha value is -0.340. The van der Waals surface area contributed by atoms with Gasteiger partial charge in [-0.2, -0.15) is 0 Å². The summed E-state index contributed by atoms with van der Waals surface area (Å²) in [6, 6.07) is 3.00. The summed E-state index contributed by atoms with van der Waals surface area (Å²) in [5.41, 5.74) is 1.63. The first-order valence-electron chi connectivity index (χ1n) is 6.59. The van der Waals surface area contributed by atoms with Gasteiger partial charge in [0.15, 0.2) is 0 Å². The second-order valence-electron chi connectivity index (χ2n) is 5.55. The summed E-state index contributed by atoms with van der Waals surface area (Å²) in [5, 5.41) is 3.69. The minimum Gasteiger partial charge on any atom is -0.309 e. The smallest absolute Gasteiger partial charge is 0.0386 e. The first-order valence-corrected chi connectivity index (χ1v) is 7.40. The van der Waals surface area contributed by atoms with Crippen LogP contribution < -0.4 is 5.32 Å². The second kappa shape index (κ2) is 4.15. The number of thiophene rings is 1. The molecule has 2 heteroatoms. The minimum absolute atomic E-state index is 0.559. The van der Waals surface area contributed by atoms with E-state index in [1.165, 1.54) is 32.2 Å². The van der Waals surface area contributed by atoms with E-state index in [0.717, 1.165) is 11.8 Å². The van der Waals surface area contributed by atoms with Crippen LogP contribution in [0.1, 0.15) is 48.0 Å². The largest absolute Gasteiger partial charge is 0.309 e. The van der Waals surface area contributed by atoms with Crippen molar-refractivity contribution in [3.63, 3.8) is 0 Å². The van der Waals surface area contributed by atoms with Crippen molar-refractivity contribution in [2.45, 2.75) is 45.6 Å². The van der Waals surface area contributed by atoms with Crippen LogP contribution in [-0.2, 0) is 12.8 Å². The standard InChI is InChI=1S/C14H21NS/c1-9-6-12(9)8-15-10(2)14-7-11-4-3-5-13(11)16-14/h7,9-10,12,15H,3-6,8H2,1-2H3. The molecule has 0 radical (unpaired) electrons. The molecular weight excluding hydrogens is 214 g/mol. The zero-order chi connectivity index (χ0) is 11.1. The number of rotatable bonds is 4. The third-order valence-electron chi connectivity index (χ3n) is 4.15. The number of fused-ring (bicyclic) bond motifs is 1. The fourth-order valence-electron chi connectivity index (χ4n) is 2.68. The average Bonchev–Trinajstić information content (AvgIpc) is 2.65. The summed E-state index contributed by atoms with van der Waals surface area (Å²) in [6.07, 6.45) is 5.45. The number of hydrogen-bond acceptors (Lipinski definition) is 2. The summed E-state index contributed by atoms with van der Waals surface area (Å²) in [6.45, 7) is 5.88. The summed E-state index contributed by atoms with van der Waals surface area (Å²) in [7, 11) is 0. The van der Waals surface area contributed by atoms with E-state index >= 15 is 0 Å². The van der Waals surface area contributed by atoms with Gasteiger partial charge in [-0.1, -0.05) is 6.92 Å². The van der Waals surface area contributed by atoms with E-state index in [4.69, 9.17) is 0 Å². The predicted molar refractivity (Wildman–Crippen MR) is 70.0 cm³/mol. The van der Waals surface area contributed by atoms with Crippen LogP contribution in [0.3, 0.4) is 0 Å². The van der Waals surface area contributed by atoms with E-state index in [9.17, 15) is 0 Å². The molecule has 3 rings (SSSR count). The van der Waals surface area contributed by atoms with Gasteiger partial charge in [-0.25, -0.2) is 0 Å². The van der Waals surface area contributed by atoms with Crippen molar-refractivity contribution in [1.29, 1.82) is 0 Å². The van der Waals surface area contributed by atoms with Crippen LogP contribution in [-0.4, -0.2) is 6.54 Å². The first kappa shape index (κ1) is 10.8. The molecule has 1 heterocycles. The number of nitrogens with one attached hydrogen (secondary N) is 1. The zero-order valence-electron chi connectivity index (χ0n) is 10.3. The van der Waals surface area contributed by atoms with Crippen molar-refractivity contribution < 1.29 is 0 Å². The van der Waals surface area contributed by atoms with Crippen molar-refractivity contribution in [2.75, 3.05) is 6.54 Å². The Bertz CT molecular complexity index is 361. The van der Waals surface area contributed by atoms with Gasteiger partial charge in [-0.15, -0.1) is 11.3 Å². The molecule has 88 valence electrons.